The maximum atomic E-state index is 13.9. The van der Waals surface area contributed by atoms with E-state index < -0.39 is 6.04 Å². The number of carbonyl (C=O) groups excluding carboxylic acids is 2. The van der Waals surface area contributed by atoms with Crippen LogP contribution in [0.4, 0.5) is 11.4 Å². The Bertz CT molecular complexity index is 1340. The van der Waals surface area contributed by atoms with Gasteiger partial charge in [-0.2, -0.15) is 0 Å². The highest BCUT2D eigenvalue weighted by molar-refractivity contribution is 5.98. The normalized spacial score (nSPS) is 11.3. The van der Waals surface area contributed by atoms with Crippen molar-refractivity contribution >= 4 is 23.2 Å². The fourth-order valence-electron chi connectivity index (χ4n) is 4.22. The summed E-state index contributed by atoms with van der Waals surface area (Å²) in [5, 5.41) is 3.02. The maximum Gasteiger partial charge on any atom is 0.251 e. The standard InChI is InChI=1S/C31H32N4O3/c1-34(2)27-16-14-26(15-17-27)33-31(37)30(25-12-7-13-28(20-25)38-3)35(22-24-11-8-18-32-21-24)29(36)19-23-9-5-4-6-10-23/h4-18,20-21,30H,19,22H2,1-3H3,(H,33,37)/t30-/m1/s1. The molecule has 0 unspecified atom stereocenters. The number of rotatable bonds is 10. The Morgan fingerprint density at radius 1 is 0.895 bits per heavy atom. The minimum absolute atomic E-state index is 0.159. The van der Waals surface area contributed by atoms with Gasteiger partial charge in [0.1, 0.15) is 11.8 Å². The van der Waals surface area contributed by atoms with Crippen molar-refractivity contribution in [2.24, 2.45) is 0 Å². The van der Waals surface area contributed by atoms with Crippen molar-refractivity contribution in [3.63, 3.8) is 0 Å². The van der Waals surface area contributed by atoms with Crippen LogP contribution in [0.1, 0.15) is 22.7 Å². The monoisotopic (exact) mass is 508 g/mol. The quantitative estimate of drug-likeness (QED) is 0.322. The molecule has 0 fully saturated rings. The molecule has 0 aliphatic rings. The molecule has 0 saturated heterocycles. The van der Waals surface area contributed by atoms with E-state index >= 15 is 0 Å². The number of aromatic nitrogens is 1. The third-order valence-corrected chi connectivity index (χ3v) is 6.22. The molecule has 0 radical (unpaired) electrons. The Kier molecular flexibility index (Phi) is 8.72. The molecule has 0 saturated carbocycles. The number of amides is 2. The van der Waals surface area contributed by atoms with E-state index in [4.69, 9.17) is 4.74 Å². The third kappa shape index (κ3) is 6.76. The zero-order chi connectivity index (χ0) is 26.9. The fourth-order valence-corrected chi connectivity index (χ4v) is 4.22. The van der Waals surface area contributed by atoms with Gasteiger partial charge in [-0.05, 0) is 59.2 Å². The molecule has 4 aromatic rings. The van der Waals surface area contributed by atoms with Crippen molar-refractivity contribution < 1.29 is 14.3 Å². The first kappa shape index (κ1) is 26.4. The van der Waals surface area contributed by atoms with E-state index in [9.17, 15) is 9.59 Å². The second-order valence-electron chi connectivity index (χ2n) is 9.15. The molecule has 2 amide bonds. The lowest BCUT2D eigenvalue weighted by Crippen LogP contribution is -2.41. The highest BCUT2D eigenvalue weighted by atomic mass is 16.5. The number of pyridine rings is 1. The summed E-state index contributed by atoms with van der Waals surface area (Å²) in [4.78, 5) is 35.6. The van der Waals surface area contributed by atoms with Gasteiger partial charge in [0.25, 0.3) is 5.91 Å². The molecular formula is C31H32N4O3. The number of nitrogens with zero attached hydrogens (tertiary/aromatic N) is 3. The van der Waals surface area contributed by atoms with Crippen molar-refractivity contribution in [1.82, 2.24) is 9.88 Å². The number of hydrogen-bond donors (Lipinski definition) is 1. The van der Waals surface area contributed by atoms with Gasteiger partial charge in [-0.25, -0.2) is 0 Å². The SMILES string of the molecule is COc1cccc([C@H](C(=O)Nc2ccc(N(C)C)cc2)N(Cc2cccnc2)C(=O)Cc2ccccc2)c1. The van der Waals surface area contributed by atoms with Crippen LogP contribution < -0.4 is 15.0 Å². The van der Waals surface area contributed by atoms with Gasteiger partial charge in [-0.15, -0.1) is 0 Å². The van der Waals surface area contributed by atoms with Gasteiger partial charge in [0.05, 0.1) is 13.5 Å². The molecule has 1 atom stereocenters. The maximum absolute atomic E-state index is 13.9. The van der Waals surface area contributed by atoms with Crippen LogP contribution in [0.25, 0.3) is 0 Å². The van der Waals surface area contributed by atoms with E-state index in [2.05, 4.69) is 10.3 Å². The molecule has 0 aliphatic heterocycles. The summed E-state index contributed by atoms with van der Waals surface area (Å²) < 4.78 is 5.44. The predicted octanol–water partition coefficient (Wildman–Crippen LogP) is 5.11. The van der Waals surface area contributed by atoms with Gasteiger partial charge in [0.15, 0.2) is 0 Å². The van der Waals surface area contributed by atoms with Crippen molar-refractivity contribution in [3.05, 3.63) is 120 Å². The molecule has 4 rings (SSSR count). The van der Waals surface area contributed by atoms with Gasteiger partial charge in [0.2, 0.25) is 5.91 Å². The minimum Gasteiger partial charge on any atom is -0.497 e. The molecule has 0 spiro atoms. The van der Waals surface area contributed by atoms with Gasteiger partial charge in [-0.3, -0.25) is 14.6 Å². The Balaban J connectivity index is 1.73. The molecule has 0 aliphatic carbocycles. The molecule has 0 bridgehead atoms. The number of methoxy groups -OCH3 is 1. The Hall–Kier alpha value is -4.65. The summed E-state index contributed by atoms with van der Waals surface area (Å²) in [6, 6.07) is 27.2. The van der Waals surface area contributed by atoms with Crippen molar-refractivity contribution in [2.75, 3.05) is 31.4 Å². The van der Waals surface area contributed by atoms with E-state index in [1.54, 1.807) is 30.5 Å². The summed E-state index contributed by atoms with van der Waals surface area (Å²) in [6.07, 6.45) is 3.55. The lowest BCUT2D eigenvalue weighted by atomic mass is 10.0. The first-order valence-corrected chi connectivity index (χ1v) is 12.4. The van der Waals surface area contributed by atoms with Gasteiger partial charge < -0.3 is 19.9 Å². The molecule has 7 heteroatoms. The molecule has 1 aromatic heterocycles. The largest absolute Gasteiger partial charge is 0.497 e. The molecule has 1 heterocycles. The molecule has 3 aromatic carbocycles. The zero-order valence-corrected chi connectivity index (χ0v) is 21.9. The number of carbonyl (C=O) groups is 2. The predicted molar refractivity (Wildman–Crippen MR) is 150 cm³/mol. The molecular weight excluding hydrogens is 476 g/mol. The van der Waals surface area contributed by atoms with E-state index in [1.807, 2.05) is 104 Å². The van der Waals surface area contributed by atoms with Crippen molar-refractivity contribution in [2.45, 2.75) is 19.0 Å². The van der Waals surface area contributed by atoms with Gasteiger partial charge >= 0.3 is 0 Å². The second kappa shape index (κ2) is 12.5. The number of nitrogens with one attached hydrogen (secondary N) is 1. The minimum atomic E-state index is -0.907. The summed E-state index contributed by atoms with van der Waals surface area (Å²) in [5.41, 5.74) is 4.01. The first-order valence-electron chi connectivity index (χ1n) is 12.4. The Morgan fingerprint density at radius 2 is 1.63 bits per heavy atom. The number of benzene rings is 3. The van der Waals surface area contributed by atoms with E-state index in [0.29, 0.717) is 17.0 Å². The van der Waals surface area contributed by atoms with Gasteiger partial charge in [-0.1, -0.05) is 48.5 Å². The highest BCUT2D eigenvalue weighted by Gasteiger charge is 2.32. The molecule has 38 heavy (non-hydrogen) atoms. The summed E-state index contributed by atoms with van der Waals surface area (Å²) in [5.74, 6) is 0.111. The smallest absolute Gasteiger partial charge is 0.251 e. The lowest BCUT2D eigenvalue weighted by molar-refractivity contribution is -0.139. The van der Waals surface area contributed by atoms with Crippen LogP contribution in [-0.2, 0) is 22.6 Å². The molecule has 7 nitrogen and oxygen atoms in total. The van der Waals surface area contributed by atoms with Gasteiger partial charge in [0, 0.05) is 44.4 Å². The van der Waals surface area contributed by atoms with Crippen LogP contribution in [-0.4, -0.2) is 42.9 Å². The summed E-state index contributed by atoms with van der Waals surface area (Å²) >= 11 is 0. The average molecular weight is 509 g/mol. The molecule has 1 N–H and O–H groups in total. The Morgan fingerprint density at radius 3 is 2.29 bits per heavy atom. The lowest BCUT2D eigenvalue weighted by Gasteiger charge is -2.32. The summed E-state index contributed by atoms with van der Waals surface area (Å²) in [7, 11) is 5.50. The van der Waals surface area contributed by atoms with Crippen molar-refractivity contribution in [3.8, 4) is 5.75 Å². The first-order chi connectivity index (χ1) is 18.4. The van der Waals surface area contributed by atoms with Crippen LogP contribution in [0.3, 0.4) is 0 Å². The topological polar surface area (TPSA) is 74.8 Å². The van der Waals surface area contributed by atoms with E-state index in [0.717, 1.165) is 16.8 Å². The van der Waals surface area contributed by atoms with Crippen LogP contribution in [0.15, 0.2) is 103 Å². The average Bonchev–Trinajstić information content (AvgIpc) is 2.94. The second-order valence-corrected chi connectivity index (χ2v) is 9.15. The van der Waals surface area contributed by atoms with E-state index in [-0.39, 0.29) is 24.8 Å². The Labute approximate surface area is 223 Å². The number of ether oxygens (including phenoxy) is 1. The van der Waals surface area contributed by atoms with Crippen LogP contribution in [0, 0.1) is 0 Å². The third-order valence-electron chi connectivity index (χ3n) is 6.22. The number of hydrogen-bond acceptors (Lipinski definition) is 5. The van der Waals surface area contributed by atoms with Crippen LogP contribution >= 0.6 is 0 Å². The molecule has 194 valence electrons. The highest BCUT2D eigenvalue weighted by Crippen LogP contribution is 2.29. The zero-order valence-electron chi connectivity index (χ0n) is 21.9. The van der Waals surface area contributed by atoms with Crippen molar-refractivity contribution in [1.29, 1.82) is 0 Å². The van der Waals surface area contributed by atoms with E-state index in [1.165, 1.54) is 0 Å². The van der Waals surface area contributed by atoms with Crippen LogP contribution in [0.5, 0.6) is 5.75 Å². The van der Waals surface area contributed by atoms with Crippen LogP contribution in [0.2, 0.25) is 0 Å². The fraction of sp³-hybridized carbons (Fsp3) is 0.194. The number of anilines is 2. The summed E-state index contributed by atoms with van der Waals surface area (Å²) in [6.45, 7) is 0.217.